The van der Waals surface area contributed by atoms with Gasteiger partial charge in [-0.2, -0.15) is 0 Å². The van der Waals surface area contributed by atoms with Gasteiger partial charge in [-0.05, 0) is 72.0 Å². The second-order valence-electron chi connectivity index (χ2n) is 7.37. The number of ether oxygens (including phenoxy) is 1. The second-order valence-corrected chi connectivity index (χ2v) is 7.37. The van der Waals surface area contributed by atoms with Crippen molar-refractivity contribution in [3.8, 4) is 0 Å². The van der Waals surface area contributed by atoms with Crippen LogP contribution >= 0.6 is 0 Å². The molecule has 23 heavy (non-hydrogen) atoms. The van der Waals surface area contributed by atoms with E-state index in [4.69, 9.17) is 9.84 Å². The summed E-state index contributed by atoms with van der Waals surface area (Å²) in [6.45, 7) is 9.43. The molecule has 1 amide bonds. The van der Waals surface area contributed by atoms with Crippen LogP contribution in [-0.4, -0.2) is 53.8 Å². The van der Waals surface area contributed by atoms with Crippen molar-refractivity contribution in [2.24, 2.45) is 5.92 Å². The number of piperidine rings is 1. The van der Waals surface area contributed by atoms with Crippen LogP contribution in [0.4, 0.5) is 4.79 Å². The normalized spacial score (nSPS) is 17.0. The Balaban J connectivity index is 2.06. The summed E-state index contributed by atoms with van der Waals surface area (Å²) in [5, 5.41) is 11.5. The number of hydrogen-bond acceptors (Lipinski definition) is 4. The molecule has 1 fully saturated rings. The van der Waals surface area contributed by atoms with Crippen molar-refractivity contribution in [3.63, 3.8) is 0 Å². The minimum atomic E-state index is -0.705. The number of amides is 1. The van der Waals surface area contributed by atoms with Gasteiger partial charge in [0.15, 0.2) is 0 Å². The highest BCUT2D eigenvalue weighted by Gasteiger charge is 2.21. The average Bonchev–Trinajstić information content (AvgIpc) is 2.44. The molecule has 1 rings (SSSR count). The highest BCUT2D eigenvalue weighted by molar-refractivity contribution is 5.67. The van der Waals surface area contributed by atoms with Gasteiger partial charge in [-0.15, -0.1) is 0 Å². The first-order valence-electron chi connectivity index (χ1n) is 8.67. The lowest BCUT2D eigenvalue weighted by molar-refractivity contribution is -0.137. The van der Waals surface area contributed by atoms with Crippen LogP contribution in [0.1, 0.15) is 59.3 Å². The first-order chi connectivity index (χ1) is 10.8. The van der Waals surface area contributed by atoms with Gasteiger partial charge in [-0.1, -0.05) is 6.42 Å². The van der Waals surface area contributed by atoms with E-state index in [1.165, 1.54) is 0 Å². The Morgan fingerprint density at radius 3 is 2.39 bits per heavy atom. The van der Waals surface area contributed by atoms with Crippen molar-refractivity contribution in [3.05, 3.63) is 0 Å². The lowest BCUT2D eigenvalue weighted by atomic mass is 9.96. The number of rotatable bonds is 8. The van der Waals surface area contributed by atoms with E-state index in [2.05, 4.69) is 10.2 Å². The molecular formula is C17H32N2O4. The summed E-state index contributed by atoms with van der Waals surface area (Å²) in [5.41, 5.74) is -0.450. The molecule has 6 nitrogen and oxygen atoms in total. The molecule has 0 aliphatic carbocycles. The molecule has 2 N–H and O–H groups in total. The van der Waals surface area contributed by atoms with E-state index in [1.54, 1.807) is 0 Å². The molecule has 1 saturated heterocycles. The summed E-state index contributed by atoms with van der Waals surface area (Å²) in [7, 11) is 0. The Morgan fingerprint density at radius 1 is 1.17 bits per heavy atom. The van der Waals surface area contributed by atoms with Gasteiger partial charge in [0.05, 0.1) is 0 Å². The van der Waals surface area contributed by atoms with Gasteiger partial charge in [-0.3, -0.25) is 4.79 Å². The quantitative estimate of drug-likeness (QED) is 0.670. The number of likely N-dealkylation sites (tertiary alicyclic amines) is 1. The molecule has 1 heterocycles. The summed E-state index contributed by atoms with van der Waals surface area (Å²) in [5.74, 6) is -0.186. The maximum absolute atomic E-state index is 11.6. The standard InChI is InChI=1S/C17H32N2O4/c1-17(2,3)23-16(22)18-13-14-8-11-19(12-9-14)10-6-4-5-7-15(20)21/h14H,4-13H2,1-3H3,(H,18,22)(H,20,21). The highest BCUT2D eigenvalue weighted by atomic mass is 16.6. The van der Waals surface area contributed by atoms with Crippen LogP contribution in [0, 0.1) is 5.92 Å². The molecule has 6 heteroatoms. The molecule has 0 aromatic rings. The van der Waals surface area contributed by atoms with Crippen molar-refractivity contribution in [1.29, 1.82) is 0 Å². The van der Waals surface area contributed by atoms with Crippen LogP contribution in [0.2, 0.25) is 0 Å². The third kappa shape index (κ3) is 10.2. The molecule has 0 bridgehead atoms. The molecule has 0 radical (unpaired) electrons. The topological polar surface area (TPSA) is 78.9 Å². The summed E-state index contributed by atoms with van der Waals surface area (Å²) in [4.78, 5) is 24.5. The van der Waals surface area contributed by atoms with Gasteiger partial charge >= 0.3 is 12.1 Å². The molecule has 0 aromatic heterocycles. The summed E-state index contributed by atoms with van der Waals surface area (Å²) >= 11 is 0. The van der Waals surface area contributed by atoms with E-state index >= 15 is 0 Å². The molecule has 0 saturated carbocycles. The first-order valence-corrected chi connectivity index (χ1v) is 8.67. The van der Waals surface area contributed by atoms with Gasteiger partial charge in [0.1, 0.15) is 5.60 Å². The molecule has 0 aromatic carbocycles. The van der Waals surface area contributed by atoms with Crippen LogP contribution in [0.15, 0.2) is 0 Å². The van der Waals surface area contributed by atoms with Crippen LogP contribution < -0.4 is 5.32 Å². The maximum Gasteiger partial charge on any atom is 0.407 e. The molecule has 1 aliphatic heterocycles. The molecular weight excluding hydrogens is 296 g/mol. The fourth-order valence-corrected chi connectivity index (χ4v) is 2.74. The van der Waals surface area contributed by atoms with Crippen LogP contribution in [-0.2, 0) is 9.53 Å². The zero-order valence-electron chi connectivity index (χ0n) is 14.8. The van der Waals surface area contributed by atoms with E-state index in [0.29, 0.717) is 12.5 Å². The summed E-state index contributed by atoms with van der Waals surface area (Å²) in [6, 6.07) is 0. The van der Waals surface area contributed by atoms with Crippen LogP contribution in [0.3, 0.4) is 0 Å². The number of carboxylic acid groups (broad SMARTS) is 1. The Morgan fingerprint density at radius 2 is 1.83 bits per heavy atom. The molecule has 134 valence electrons. The van der Waals surface area contributed by atoms with E-state index in [1.807, 2.05) is 20.8 Å². The Labute approximate surface area is 139 Å². The predicted octanol–water partition coefficient (Wildman–Crippen LogP) is 2.87. The maximum atomic E-state index is 11.6. The molecule has 1 aliphatic rings. The lowest BCUT2D eigenvalue weighted by Gasteiger charge is -2.32. The third-order valence-corrected chi connectivity index (χ3v) is 4.01. The largest absolute Gasteiger partial charge is 0.481 e. The lowest BCUT2D eigenvalue weighted by Crippen LogP contribution is -2.40. The van der Waals surface area contributed by atoms with E-state index in [-0.39, 0.29) is 12.5 Å². The number of aliphatic carboxylic acids is 1. The zero-order valence-corrected chi connectivity index (χ0v) is 14.8. The fraction of sp³-hybridized carbons (Fsp3) is 0.882. The van der Waals surface area contributed by atoms with Crippen LogP contribution in [0.25, 0.3) is 0 Å². The number of nitrogens with one attached hydrogen (secondary N) is 1. The number of carboxylic acids is 1. The molecule has 0 unspecified atom stereocenters. The summed E-state index contributed by atoms with van der Waals surface area (Å²) in [6.07, 6.45) is 4.93. The Kier molecular flexibility index (Phi) is 8.37. The van der Waals surface area contributed by atoms with Gasteiger partial charge in [-0.25, -0.2) is 4.79 Å². The minimum absolute atomic E-state index is 0.276. The van der Waals surface area contributed by atoms with Gasteiger partial charge in [0, 0.05) is 13.0 Å². The SMILES string of the molecule is CC(C)(C)OC(=O)NCC1CCN(CCCCCC(=O)O)CC1. The predicted molar refractivity (Wildman–Crippen MR) is 89.5 cm³/mol. The van der Waals surface area contributed by atoms with E-state index in [9.17, 15) is 9.59 Å². The van der Waals surface area contributed by atoms with Crippen molar-refractivity contribution >= 4 is 12.1 Å². The van der Waals surface area contributed by atoms with Gasteiger partial charge < -0.3 is 20.1 Å². The van der Waals surface area contributed by atoms with E-state index in [0.717, 1.165) is 51.7 Å². The Hall–Kier alpha value is -1.30. The fourth-order valence-electron chi connectivity index (χ4n) is 2.74. The average molecular weight is 328 g/mol. The zero-order chi connectivity index (χ0) is 17.3. The van der Waals surface area contributed by atoms with E-state index < -0.39 is 11.6 Å². The number of hydrogen-bond donors (Lipinski definition) is 2. The van der Waals surface area contributed by atoms with Crippen molar-refractivity contribution in [2.45, 2.75) is 64.9 Å². The first kappa shape index (κ1) is 19.7. The smallest absolute Gasteiger partial charge is 0.407 e. The molecule has 0 atom stereocenters. The van der Waals surface area contributed by atoms with Crippen molar-refractivity contribution < 1.29 is 19.4 Å². The Bertz CT molecular complexity index is 371. The molecule has 0 spiro atoms. The number of alkyl carbamates (subject to hydrolysis) is 1. The highest BCUT2D eigenvalue weighted by Crippen LogP contribution is 2.17. The number of carbonyl (C=O) groups excluding carboxylic acids is 1. The van der Waals surface area contributed by atoms with Crippen molar-refractivity contribution in [1.82, 2.24) is 10.2 Å². The number of unbranched alkanes of at least 4 members (excludes halogenated alkanes) is 2. The van der Waals surface area contributed by atoms with Crippen LogP contribution in [0.5, 0.6) is 0 Å². The third-order valence-electron chi connectivity index (χ3n) is 4.01. The minimum Gasteiger partial charge on any atom is -0.481 e. The summed E-state index contributed by atoms with van der Waals surface area (Å²) < 4.78 is 5.24. The monoisotopic (exact) mass is 328 g/mol. The van der Waals surface area contributed by atoms with Gasteiger partial charge in [0.2, 0.25) is 0 Å². The number of carbonyl (C=O) groups is 2. The second kappa shape index (κ2) is 9.75. The van der Waals surface area contributed by atoms with Crippen molar-refractivity contribution in [2.75, 3.05) is 26.2 Å². The van der Waals surface area contributed by atoms with Gasteiger partial charge in [0.25, 0.3) is 0 Å². The number of nitrogens with zero attached hydrogens (tertiary/aromatic N) is 1.